The largest absolute Gasteiger partial charge is 0.478 e. The molecule has 0 aliphatic heterocycles. The molecular formula is C18H18N4O2. The quantitative estimate of drug-likeness (QED) is 0.783. The summed E-state index contributed by atoms with van der Waals surface area (Å²) in [4.78, 5) is 16.6. The zero-order chi connectivity index (χ0) is 16.9. The van der Waals surface area contributed by atoms with Crippen LogP contribution in [0.15, 0.2) is 54.7 Å². The van der Waals surface area contributed by atoms with Gasteiger partial charge in [0.15, 0.2) is 5.69 Å². The Bertz CT molecular complexity index is 843. The Morgan fingerprint density at radius 2 is 2.00 bits per heavy atom. The van der Waals surface area contributed by atoms with Gasteiger partial charge in [0, 0.05) is 12.3 Å². The number of aromatic nitrogens is 3. The van der Waals surface area contributed by atoms with Crippen molar-refractivity contribution in [2.24, 2.45) is 0 Å². The van der Waals surface area contributed by atoms with Crippen LogP contribution in [-0.2, 0) is 0 Å². The summed E-state index contributed by atoms with van der Waals surface area (Å²) in [6, 6.07) is 14.8. The zero-order valence-corrected chi connectivity index (χ0v) is 13.6. The number of carbonyl (C=O) groups excluding carboxylic acids is 1. The molecule has 3 rings (SSSR count). The fourth-order valence-corrected chi connectivity index (χ4v) is 2.26. The second kappa shape index (κ2) is 6.95. The number of hydrogen-bond donors (Lipinski definition) is 1. The predicted molar refractivity (Wildman–Crippen MR) is 91.7 cm³/mol. The molecule has 0 saturated heterocycles. The van der Waals surface area contributed by atoms with Crippen LogP contribution in [0, 0.1) is 6.92 Å². The Hall–Kier alpha value is -3.15. The molecule has 0 aliphatic rings. The minimum atomic E-state index is -0.330. The Balaban J connectivity index is 1.89. The average Bonchev–Trinajstić information content (AvgIpc) is 3.00. The van der Waals surface area contributed by atoms with Gasteiger partial charge in [-0.3, -0.25) is 4.79 Å². The zero-order valence-electron chi connectivity index (χ0n) is 13.6. The second-order valence-electron chi connectivity index (χ2n) is 5.22. The van der Waals surface area contributed by atoms with Crippen molar-refractivity contribution in [3.8, 4) is 11.6 Å². The van der Waals surface area contributed by atoms with Crippen molar-refractivity contribution in [2.75, 3.05) is 11.9 Å². The third kappa shape index (κ3) is 3.43. The number of pyridine rings is 1. The van der Waals surface area contributed by atoms with Gasteiger partial charge in [0.25, 0.3) is 5.91 Å². The fraction of sp³-hybridized carbons (Fsp3) is 0.167. The molecule has 6 heteroatoms. The van der Waals surface area contributed by atoms with Gasteiger partial charge >= 0.3 is 0 Å². The highest BCUT2D eigenvalue weighted by Crippen LogP contribution is 2.20. The molecule has 0 bridgehead atoms. The van der Waals surface area contributed by atoms with Crippen LogP contribution in [0.5, 0.6) is 5.88 Å². The van der Waals surface area contributed by atoms with Gasteiger partial charge in [-0.2, -0.15) is 5.10 Å². The van der Waals surface area contributed by atoms with Gasteiger partial charge in [-0.1, -0.05) is 18.2 Å². The van der Waals surface area contributed by atoms with Crippen LogP contribution >= 0.6 is 0 Å². The van der Waals surface area contributed by atoms with Gasteiger partial charge in [-0.25, -0.2) is 9.67 Å². The van der Waals surface area contributed by atoms with Crippen molar-refractivity contribution in [1.82, 2.24) is 14.8 Å². The number of anilines is 1. The van der Waals surface area contributed by atoms with E-state index in [1.54, 1.807) is 23.0 Å². The van der Waals surface area contributed by atoms with E-state index in [0.29, 0.717) is 18.3 Å². The number of aryl methyl sites for hydroxylation is 1. The first-order chi connectivity index (χ1) is 11.7. The van der Waals surface area contributed by atoms with Gasteiger partial charge < -0.3 is 10.1 Å². The van der Waals surface area contributed by atoms with E-state index in [9.17, 15) is 4.79 Å². The molecular weight excluding hydrogens is 304 g/mol. The number of ether oxygens (including phenoxy) is 1. The van der Waals surface area contributed by atoms with Crippen molar-refractivity contribution in [2.45, 2.75) is 13.8 Å². The molecule has 6 nitrogen and oxygen atoms in total. The Morgan fingerprint density at radius 3 is 2.71 bits per heavy atom. The van der Waals surface area contributed by atoms with E-state index in [0.717, 1.165) is 11.3 Å². The van der Waals surface area contributed by atoms with E-state index in [4.69, 9.17) is 4.74 Å². The van der Waals surface area contributed by atoms with Crippen LogP contribution in [0.25, 0.3) is 5.69 Å². The van der Waals surface area contributed by atoms with E-state index < -0.39 is 0 Å². The number of amides is 1. The number of rotatable bonds is 5. The van der Waals surface area contributed by atoms with Crippen molar-refractivity contribution in [1.29, 1.82) is 0 Å². The van der Waals surface area contributed by atoms with Crippen LogP contribution < -0.4 is 10.1 Å². The summed E-state index contributed by atoms with van der Waals surface area (Å²) in [7, 11) is 0. The van der Waals surface area contributed by atoms with Gasteiger partial charge in [-0.05, 0) is 43.7 Å². The number of para-hydroxylation sites is 1. The Kier molecular flexibility index (Phi) is 4.56. The standard InChI is InChI=1S/C18H18N4O2/c1-3-24-17-12-15(21-22(17)14-7-5-4-6-8-14)18(23)20-16-11-13(2)9-10-19-16/h4-12H,3H2,1-2H3,(H,19,20,23). The number of nitrogens with one attached hydrogen (secondary N) is 1. The van der Waals surface area contributed by atoms with Crippen LogP contribution in [-0.4, -0.2) is 27.3 Å². The molecule has 0 spiro atoms. The van der Waals surface area contributed by atoms with Crippen LogP contribution in [0.4, 0.5) is 5.82 Å². The Labute approximate surface area is 140 Å². The summed E-state index contributed by atoms with van der Waals surface area (Å²) >= 11 is 0. The van der Waals surface area contributed by atoms with Gasteiger partial charge in [-0.15, -0.1) is 0 Å². The lowest BCUT2D eigenvalue weighted by Gasteiger charge is -2.06. The summed E-state index contributed by atoms with van der Waals surface area (Å²) in [5.41, 5.74) is 2.12. The lowest BCUT2D eigenvalue weighted by atomic mass is 10.3. The molecule has 0 fully saturated rings. The first-order valence-electron chi connectivity index (χ1n) is 7.69. The first kappa shape index (κ1) is 15.7. The molecule has 2 heterocycles. The predicted octanol–water partition coefficient (Wildman–Crippen LogP) is 3.23. The maximum Gasteiger partial charge on any atom is 0.277 e. The third-order valence-corrected chi connectivity index (χ3v) is 3.36. The van der Waals surface area contributed by atoms with E-state index in [1.165, 1.54) is 0 Å². The molecule has 1 amide bonds. The number of nitrogens with zero attached hydrogens (tertiary/aromatic N) is 3. The number of carbonyl (C=O) groups is 1. The van der Waals surface area contributed by atoms with Crippen LogP contribution in [0.1, 0.15) is 23.0 Å². The van der Waals surface area contributed by atoms with E-state index in [-0.39, 0.29) is 11.6 Å². The van der Waals surface area contributed by atoms with Crippen molar-refractivity contribution in [3.63, 3.8) is 0 Å². The lowest BCUT2D eigenvalue weighted by Crippen LogP contribution is -2.14. The smallest absolute Gasteiger partial charge is 0.277 e. The van der Waals surface area contributed by atoms with Gasteiger partial charge in [0.1, 0.15) is 5.82 Å². The molecule has 0 unspecified atom stereocenters. The van der Waals surface area contributed by atoms with E-state index >= 15 is 0 Å². The minimum Gasteiger partial charge on any atom is -0.478 e. The van der Waals surface area contributed by atoms with Crippen molar-refractivity contribution < 1.29 is 9.53 Å². The highest BCUT2D eigenvalue weighted by molar-refractivity contribution is 6.02. The third-order valence-electron chi connectivity index (χ3n) is 3.36. The van der Waals surface area contributed by atoms with E-state index in [2.05, 4.69) is 15.4 Å². The van der Waals surface area contributed by atoms with Crippen LogP contribution in [0.2, 0.25) is 0 Å². The highest BCUT2D eigenvalue weighted by atomic mass is 16.5. The van der Waals surface area contributed by atoms with E-state index in [1.807, 2.05) is 50.2 Å². The van der Waals surface area contributed by atoms with Gasteiger partial charge in [0.05, 0.1) is 12.3 Å². The summed E-state index contributed by atoms with van der Waals surface area (Å²) in [6.07, 6.45) is 1.65. The molecule has 0 saturated carbocycles. The van der Waals surface area contributed by atoms with Crippen molar-refractivity contribution >= 4 is 11.7 Å². The average molecular weight is 322 g/mol. The maximum absolute atomic E-state index is 12.4. The maximum atomic E-state index is 12.4. The summed E-state index contributed by atoms with van der Waals surface area (Å²) in [5.74, 6) is 0.682. The fourth-order valence-electron chi connectivity index (χ4n) is 2.26. The van der Waals surface area contributed by atoms with Crippen LogP contribution in [0.3, 0.4) is 0 Å². The monoisotopic (exact) mass is 322 g/mol. The number of hydrogen-bond acceptors (Lipinski definition) is 4. The van der Waals surface area contributed by atoms with Crippen molar-refractivity contribution in [3.05, 3.63) is 66.0 Å². The lowest BCUT2D eigenvalue weighted by molar-refractivity contribution is 0.102. The topological polar surface area (TPSA) is 69.0 Å². The Morgan fingerprint density at radius 1 is 1.21 bits per heavy atom. The minimum absolute atomic E-state index is 0.269. The summed E-state index contributed by atoms with van der Waals surface area (Å²) in [5, 5.41) is 7.12. The molecule has 122 valence electrons. The SMILES string of the molecule is CCOc1cc(C(=O)Nc2cc(C)ccn2)nn1-c1ccccc1. The number of benzene rings is 1. The molecule has 0 radical (unpaired) electrons. The van der Waals surface area contributed by atoms with Gasteiger partial charge in [0.2, 0.25) is 5.88 Å². The molecule has 24 heavy (non-hydrogen) atoms. The highest BCUT2D eigenvalue weighted by Gasteiger charge is 2.16. The molecule has 1 N–H and O–H groups in total. The molecule has 2 aromatic heterocycles. The normalized spacial score (nSPS) is 10.4. The second-order valence-corrected chi connectivity index (χ2v) is 5.22. The first-order valence-corrected chi connectivity index (χ1v) is 7.69. The summed E-state index contributed by atoms with van der Waals surface area (Å²) in [6.45, 7) is 4.31. The molecule has 3 aromatic rings. The molecule has 0 aliphatic carbocycles. The molecule has 0 atom stereocenters. The summed E-state index contributed by atoms with van der Waals surface area (Å²) < 4.78 is 7.21. The molecule has 1 aromatic carbocycles.